The first kappa shape index (κ1) is 14.1. The van der Waals surface area contributed by atoms with Crippen LogP contribution >= 0.6 is 0 Å². The summed E-state index contributed by atoms with van der Waals surface area (Å²) in [4.78, 5) is 21.6. The Labute approximate surface area is 108 Å². The molecule has 0 aromatic rings. The number of hydrogen-bond acceptors (Lipinski definition) is 8. The van der Waals surface area contributed by atoms with Gasteiger partial charge in [0.05, 0.1) is 26.2 Å². The van der Waals surface area contributed by atoms with Crippen molar-refractivity contribution >= 4 is 0 Å². The zero-order chi connectivity index (χ0) is 13.9. The Hall–Kier alpha value is -1.36. The number of nitro groups is 2. The summed E-state index contributed by atoms with van der Waals surface area (Å²) in [6, 6.07) is 0. The van der Waals surface area contributed by atoms with Crippen LogP contribution in [-0.2, 0) is 9.47 Å². The third kappa shape index (κ3) is 2.66. The molecule has 0 aliphatic carbocycles. The second-order valence-electron chi connectivity index (χ2n) is 4.98. The van der Waals surface area contributed by atoms with Gasteiger partial charge in [-0.1, -0.05) is 0 Å². The van der Waals surface area contributed by atoms with Crippen molar-refractivity contribution in [2.45, 2.75) is 11.1 Å². The smallest absolute Gasteiger partial charge is 0.269 e. The van der Waals surface area contributed by atoms with Crippen LogP contribution in [0.4, 0.5) is 0 Å². The van der Waals surface area contributed by atoms with Crippen molar-refractivity contribution in [1.82, 2.24) is 10.6 Å². The van der Waals surface area contributed by atoms with Gasteiger partial charge in [0.2, 0.25) is 0 Å². The first-order valence-corrected chi connectivity index (χ1v) is 5.87. The summed E-state index contributed by atoms with van der Waals surface area (Å²) in [6.45, 7) is -0.321. The third-order valence-corrected chi connectivity index (χ3v) is 3.50. The average molecular weight is 276 g/mol. The predicted molar refractivity (Wildman–Crippen MR) is 62.0 cm³/mol. The minimum absolute atomic E-state index is 0.0165. The molecule has 0 radical (unpaired) electrons. The van der Waals surface area contributed by atoms with E-state index in [-0.39, 0.29) is 46.2 Å². The Morgan fingerprint density at radius 3 is 1.53 bits per heavy atom. The minimum atomic E-state index is -1.33. The van der Waals surface area contributed by atoms with E-state index in [0.29, 0.717) is 0 Å². The van der Waals surface area contributed by atoms with E-state index < -0.39 is 20.9 Å². The number of ether oxygens (including phenoxy) is 2. The highest BCUT2D eigenvalue weighted by atomic mass is 16.7. The number of nitrogens with one attached hydrogen (secondary N) is 2. The molecule has 0 unspecified atom stereocenters. The average Bonchev–Trinajstić information content (AvgIpc) is 2.34. The van der Waals surface area contributed by atoms with Gasteiger partial charge in [-0.2, -0.15) is 0 Å². The molecule has 3 rings (SSSR count). The molecule has 0 atom stereocenters. The molecule has 2 N–H and O–H groups in total. The van der Waals surface area contributed by atoms with Gasteiger partial charge in [0, 0.05) is 9.85 Å². The van der Waals surface area contributed by atoms with E-state index in [2.05, 4.69) is 10.6 Å². The number of hydrogen-bond donors (Lipinski definition) is 2. The number of rotatable bonds is 2. The summed E-state index contributed by atoms with van der Waals surface area (Å²) in [5.41, 5.74) is -2.66. The second-order valence-corrected chi connectivity index (χ2v) is 4.98. The second kappa shape index (κ2) is 5.33. The Bertz CT molecular complexity index is 334. The lowest BCUT2D eigenvalue weighted by Gasteiger charge is -2.34. The van der Waals surface area contributed by atoms with Gasteiger partial charge in [-0.25, -0.2) is 0 Å². The topological polar surface area (TPSA) is 129 Å². The molecule has 0 spiro atoms. The van der Waals surface area contributed by atoms with E-state index in [1.54, 1.807) is 0 Å². The minimum Gasteiger partial charge on any atom is -0.348 e. The summed E-state index contributed by atoms with van der Waals surface area (Å²) in [5, 5.41) is 28.1. The highest BCUT2D eigenvalue weighted by molar-refractivity contribution is 4.94. The molecule has 2 bridgehead atoms. The maximum absolute atomic E-state index is 11.2. The summed E-state index contributed by atoms with van der Waals surface area (Å²) < 4.78 is 10.2. The van der Waals surface area contributed by atoms with Crippen LogP contribution in [0.25, 0.3) is 0 Å². The Morgan fingerprint density at radius 1 is 0.842 bits per heavy atom. The third-order valence-electron chi connectivity index (χ3n) is 3.50. The fourth-order valence-electron chi connectivity index (χ4n) is 2.27. The monoisotopic (exact) mass is 276 g/mol. The molecule has 19 heavy (non-hydrogen) atoms. The molecule has 0 saturated carbocycles. The highest BCUT2D eigenvalue weighted by Gasteiger charge is 2.51. The van der Waals surface area contributed by atoms with Crippen LogP contribution in [0.2, 0.25) is 0 Å². The number of nitrogens with zero attached hydrogens (tertiary/aromatic N) is 2. The van der Waals surface area contributed by atoms with Crippen LogP contribution in [-0.4, -0.2) is 67.1 Å². The Kier molecular flexibility index (Phi) is 3.94. The van der Waals surface area contributed by atoms with Gasteiger partial charge in [-0.05, 0) is 0 Å². The molecule has 3 heterocycles. The lowest BCUT2D eigenvalue weighted by Crippen LogP contribution is -2.67. The van der Waals surface area contributed by atoms with Crippen LogP contribution in [0, 0.1) is 20.2 Å². The van der Waals surface area contributed by atoms with E-state index in [0.717, 1.165) is 0 Å². The molecular weight excluding hydrogens is 260 g/mol. The molecule has 10 nitrogen and oxygen atoms in total. The van der Waals surface area contributed by atoms with Crippen molar-refractivity contribution < 1.29 is 19.3 Å². The van der Waals surface area contributed by atoms with Gasteiger partial charge in [-0.15, -0.1) is 0 Å². The summed E-state index contributed by atoms with van der Waals surface area (Å²) in [6.07, 6.45) is 0. The first-order chi connectivity index (χ1) is 9.01. The molecule has 3 aliphatic rings. The molecular formula is C9H16N4O6. The van der Waals surface area contributed by atoms with Crippen LogP contribution in [0.3, 0.4) is 0 Å². The molecule has 10 heteroatoms. The molecule has 108 valence electrons. The quantitative estimate of drug-likeness (QED) is 0.447. The maximum Gasteiger partial charge on any atom is 0.269 e. The van der Waals surface area contributed by atoms with Crippen molar-refractivity contribution in [3.8, 4) is 0 Å². The van der Waals surface area contributed by atoms with Crippen molar-refractivity contribution in [3.63, 3.8) is 0 Å². The van der Waals surface area contributed by atoms with Crippen LogP contribution < -0.4 is 10.6 Å². The standard InChI is InChI=1S/C9H16N4O6/c14-12(15)8-1-10-3-9(13(16)17,4-11-2-8)6-19-7-18-5-8/h10-11H,1-7H2. The lowest BCUT2D eigenvalue weighted by atomic mass is 9.95. The van der Waals surface area contributed by atoms with E-state index >= 15 is 0 Å². The molecule has 3 saturated heterocycles. The van der Waals surface area contributed by atoms with Crippen LogP contribution in [0.1, 0.15) is 0 Å². The normalized spacial score (nSPS) is 36.4. The highest BCUT2D eigenvalue weighted by Crippen LogP contribution is 2.17. The van der Waals surface area contributed by atoms with E-state index in [4.69, 9.17) is 9.47 Å². The Morgan fingerprint density at radius 2 is 1.21 bits per heavy atom. The van der Waals surface area contributed by atoms with Crippen molar-refractivity contribution in [3.05, 3.63) is 20.2 Å². The number of fused-ring (bicyclic) bond motifs is 8. The van der Waals surface area contributed by atoms with Gasteiger partial charge >= 0.3 is 0 Å². The van der Waals surface area contributed by atoms with Gasteiger partial charge in [0.25, 0.3) is 11.1 Å². The summed E-state index contributed by atoms with van der Waals surface area (Å²) in [7, 11) is 0. The summed E-state index contributed by atoms with van der Waals surface area (Å²) >= 11 is 0. The predicted octanol–water partition coefficient (Wildman–Crippen LogP) is -1.79. The lowest BCUT2D eigenvalue weighted by molar-refractivity contribution is -0.586. The molecule has 0 aromatic carbocycles. The molecule has 3 fully saturated rings. The van der Waals surface area contributed by atoms with E-state index in [9.17, 15) is 20.2 Å². The first-order valence-electron chi connectivity index (χ1n) is 5.87. The summed E-state index contributed by atoms with van der Waals surface area (Å²) in [5.74, 6) is 0. The molecule has 0 amide bonds. The van der Waals surface area contributed by atoms with Crippen molar-refractivity contribution in [1.29, 1.82) is 0 Å². The van der Waals surface area contributed by atoms with Gasteiger partial charge in [0.15, 0.2) is 0 Å². The largest absolute Gasteiger partial charge is 0.348 e. The Balaban J connectivity index is 2.24. The maximum atomic E-state index is 11.2. The zero-order valence-electron chi connectivity index (χ0n) is 10.3. The van der Waals surface area contributed by atoms with E-state index in [1.165, 1.54) is 0 Å². The van der Waals surface area contributed by atoms with Crippen LogP contribution in [0.15, 0.2) is 0 Å². The van der Waals surface area contributed by atoms with Gasteiger partial charge in [-0.3, -0.25) is 20.2 Å². The zero-order valence-corrected chi connectivity index (χ0v) is 10.3. The molecule has 3 aliphatic heterocycles. The van der Waals surface area contributed by atoms with E-state index in [1.807, 2.05) is 0 Å². The van der Waals surface area contributed by atoms with Crippen molar-refractivity contribution in [2.24, 2.45) is 0 Å². The molecule has 0 aromatic heterocycles. The van der Waals surface area contributed by atoms with Gasteiger partial charge in [0.1, 0.15) is 20.0 Å². The fourth-order valence-corrected chi connectivity index (χ4v) is 2.27. The van der Waals surface area contributed by atoms with Gasteiger partial charge < -0.3 is 20.1 Å². The fraction of sp³-hybridized carbons (Fsp3) is 1.00. The van der Waals surface area contributed by atoms with Crippen LogP contribution in [0.5, 0.6) is 0 Å². The van der Waals surface area contributed by atoms with Crippen molar-refractivity contribution in [2.75, 3.05) is 46.2 Å². The SMILES string of the molecule is O=[N+]([O-])C12CNCC([N+](=O)[O-])(CNC1)COCOC2.